The van der Waals surface area contributed by atoms with Gasteiger partial charge in [-0.2, -0.15) is 0 Å². The molecule has 5 nitrogen and oxygen atoms in total. The molecule has 22 heavy (non-hydrogen) atoms. The number of rotatable bonds is 2. The Morgan fingerprint density at radius 3 is 2.68 bits per heavy atom. The molecule has 0 spiro atoms. The van der Waals surface area contributed by atoms with Crippen LogP contribution >= 0.6 is 0 Å². The molecule has 0 saturated heterocycles. The summed E-state index contributed by atoms with van der Waals surface area (Å²) in [4.78, 5) is 16.2. The minimum absolute atomic E-state index is 0.112. The second kappa shape index (κ2) is 6.38. The van der Waals surface area contributed by atoms with Crippen LogP contribution in [0.25, 0.3) is 5.57 Å². The van der Waals surface area contributed by atoms with Crippen LogP contribution in [0.3, 0.4) is 0 Å². The van der Waals surface area contributed by atoms with Crippen molar-refractivity contribution in [3.8, 4) is 0 Å². The number of aromatic nitrogens is 1. The Balaban J connectivity index is 1.96. The van der Waals surface area contributed by atoms with Gasteiger partial charge in [0.2, 0.25) is 0 Å². The average molecular weight is 303 g/mol. The lowest BCUT2D eigenvalue weighted by Crippen LogP contribution is -2.39. The summed E-state index contributed by atoms with van der Waals surface area (Å²) in [6, 6.07) is 4.02. The van der Waals surface area contributed by atoms with Gasteiger partial charge in [-0.05, 0) is 70.2 Å². The maximum absolute atomic E-state index is 11.8. The quantitative estimate of drug-likeness (QED) is 0.877. The maximum Gasteiger partial charge on any atom is 0.407 e. The molecule has 0 bridgehead atoms. The number of ether oxygens (including phenoxy) is 1. The van der Waals surface area contributed by atoms with Crippen LogP contribution in [0.1, 0.15) is 51.3 Å². The minimum atomic E-state index is -0.469. The van der Waals surface area contributed by atoms with Crippen molar-refractivity contribution in [2.45, 2.75) is 58.6 Å². The van der Waals surface area contributed by atoms with Crippen LogP contribution in [0.2, 0.25) is 0 Å². The molecule has 5 heteroatoms. The van der Waals surface area contributed by atoms with Gasteiger partial charge in [0.05, 0.1) is 5.69 Å². The summed E-state index contributed by atoms with van der Waals surface area (Å²) in [5.74, 6) is 0.546. The molecule has 2 rings (SSSR count). The van der Waals surface area contributed by atoms with E-state index in [-0.39, 0.29) is 12.1 Å². The number of hydrogen-bond donors (Lipinski definition) is 2. The highest BCUT2D eigenvalue weighted by Crippen LogP contribution is 2.27. The summed E-state index contributed by atoms with van der Waals surface area (Å²) in [7, 11) is 0. The predicted octanol–water partition coefficient (Wildman–Crippen LogP) is 3.43. The first-order valence-electron chi connectivity index (χ1n) is 7.66. The van der Waals surface area contributed by atoms with Crippen molar-refractivity contribution in [1.82, 2.24) is 10.3 Å². The van der Waals surface area contributed by atoms with Crippen LogP contribution < -0.4 is 11.1 Å². The van der Waals surface area contributed by atoms with Crippen molar-refractivity contribution < 1.29 is 9.53 Å². The van der Waals surface area contributed by atoms with E-state index in [0.29, 0.717) is 5.82 Å². The number of nitrogens with zero attached hydrogens (tertiary/aromatic N) is 1. The normalized spacial score (nSPS) is 18.5. The van der Waals surface area contributed by atoms with E-state index in [4.69, 9.17) is 10.5 Å². The first kappa shape index (κ1) is 16.3. The van der Waals surface area contributed by atoms with E-state index in [0.717, 1.165) is 30.5 Å². The number of allylic oxidation sites excluding steroid dienone is 1. The van der Waals surface area contributed by atoms with Crippen molar-refractivity contribution in [3.63, 3.8) is 0 Å². The zero-order chi connectivity index (χ0) is 16.3. The van der Waals surface area contributed by atoms with Gasteiger partial charge in [0, 0.05) is 6.04 Å². The number of pyridine rings is 1. The molecule has 1 aromatic rings. The molecule has 1 atom stereocenters. The third-order valence-corrected chi connectivity index (χ3v) is 3.45. The Morgan fingerprint density at radius 1 is 1.41 bits per heavy atom. The van der Waals surface area contributed by atoms with Gasteiger partial charge in [0.1, 0.15) is 11.4 Å². The number of nitrogen functional groups attached to an aromatic ring is 1. The van der Waals surface area contributed by atoms with Crippen molar-refractivity contribution in [3.05, 3.63) is 29.5 Å². The first-order chi connectivity index (χ1) is 10.2. The number of carbonyl (C=O) groups is 1. The second-order valence-corrected chi connectivity index (χ2v) is 6.80. The van der Waals surface area contributed by atoms with Gasteiger partial charge >= 0.3 is 6.09 Å². The van der Waals surface area contributed by atoms with Gasteiger partial charge in [-0.15, -0.1) is 0 Å². The largest absolute Gasteiger partial charge is 0.444 e. The Hall–Kier alpha value is -2.04. The van der Waals surface area contributed by atoms with E-state index < -0.39 is 5.60 Å². The summed E-state index contributed by atoms with van der Waals surface area (Å²) >= 11 is 0. The van der Waals surface area contributed by atoms with Crippen molar-refractivity contribution >= 4 is 17.5 Å². The number of carbonyl (C=O) groups excluding carboxylic acids is 1. The molecule has 0 saturated carbocycles. The van der Waals surface area contributed by atoms with Gasteiger partial charge in [-0.25, -0.2) is 9.78 Å². The fourth-order valence-electron chi connectivity index (χ4n) is 2.53. The van der Waals surface area contributed by atoms with E-state index >= 15 is 0 Å². The van der Waals surface area contributed by atoms with E-state index in [9.17, 15) is 4.79 Å². The number of alkyl carbamates (subject to hydrolysis) is 1. The Kier molecular flexibility index (Phi) is 4.74. The van der Waals surface area contributed by atoms with Gasteiger partial charge in [0.15, 0.2) is 0 Å². The SMILES string of the molecule is Cc1cc(N)nc(C2=CCC(NC(=O)OC(C)(C)C)CC2)c1. The Bertz CT molecular complexity index is 568. The van der Waals surface area contributed by atoms with Crippen molar-refractivity contribution in [2.24, 2.45) is 0 Å². The standard InChI is InChI=1S/C17H25N3O2/c1-11-9-14(20-15(18)10-11)12-5-7-13(8-6-12)19-16(21)22-17(2,3)4/h5,9-10,13H,6-8H2,1-4H3,(H2,18,20)(H,19,21). The Morgan fingerprint density at radius 2 is 2.14 bits per heavy atom. The summed E-state index contributed by atoms with van der Waals surface area (Å²) in [5, 5.41) is 2.92. The number of nitrogens with one attached hydrogen (secondary N) is 1. The lowest BCUT2D eigenvalue weighted by molar-refractivity contribution is 0.0502. The topological polar surface area (TPSA) is 77.2 Å². The van der Waals surface area contributed by atoms with E-state index in [1.165, 1.54) is 5.57 Å². The summed E-state index contributed by atoms with van der Waals surface area (Å²) in [5.41, 5.74) is 8.58. The molecule has 0 aromatic carbocycles. The highest BCUT2D eigenvalue weighted by atomic mass is 16.6. The van der Waals surface area contributed by atoms with Crippen molar-refractivity contribution in [1.29, 1.82) is 0 Å². The smallest absolute Gasteiger partial charge is 0.407 e. The maximum atomic E-state index is 11.8. The monoisotopic (exact) mass is 303 g/mol. The average Bonchev–Trinajstić information content (AvgIpc) is 2.36. The molecule has 0 aliphatic heterocycles. The molecule has 1 aromatic heterocycles. The molecule has 1 unspecified atom stereocenters. The van der Waals surface area contributed by atoms with Crippen LogP contribution in [-0.4, -0.2) is 22.7 Å². The summed E-state index contributed by atoms with van der Waals surface area (Å²) in [6.07, 6.45) is 4.31. The molecule has 1 aliphatic rings. The fraction of sp³-hybridized carbons (Fsp3) is 0.529. The molecular formula is C17H25N3O2. The molecular weight excluding hydrogens is 278 g/mol. The first-order valence-corrected chi connectivity index (χ1v) is 7.66. The fourth-order valence-corrected chi connectivity index (χ4v) is 2.53. The zero-order valence-electron chi connectivity index (χ0n) is 13.8. The second-order valence-electron chi connectivity index (χ2n) is 6.80. The summed E-state index contributed by atoms with van der Waals surface area (Å²) in [6.45, 7) is 7.59. The van der Waals surface area contributed by atoms with Gasteiger partial charge in [-0.3, -0.25) is 0 Å². The van der Waals surface area contributed by atoms with Crippen LogP contribution in [0.5, 0.6) is 0 Å². The van der Waals surface area contributed by atoms with Gasteiger partial charge < -0.3 is 15.8 Å². The van der Waals surface area contributed by atoms with Crippen molar-refractivity contribution in [2.75, 3.05) is 5.73 Å². The molecule has 3 N–H and O–H groups in total. The van der Waals surface area contributed by atoms with E-state index in [1.54, 1.807) is 0 Å². The summed E-state index contributed by atoms with van der Waals surface area (Å²) < 4.78 is 5.28. The zero-order valence-corrected chi connectivity index (χ0v) is 13.8. The molecule has 0 radical (unpaired) electrons. The van der Waals surface area contributed by atoms with E-state index in [1.807, 2.05) is 39.8 Å². The number of nitrogens with two attached hydrogens (primary N) is 1. The Labute approximate surface area is 131 Å². The van der Waals surface area contributed by atoms with Crippen LogP contribution in [0.4, 0.5) is 10.6 Å². The number of aryl methyl sites for hydroxylation is 1. The van der Waals surface area contributed by atoms with Crippen LogP contribution in [0, 0.1) is 6.92 Å². The van der Waals surface area contributed by atoms with Crippen LogP contribution in [0.15, 0.2) is 18.2 Å². The number of amides is 1. The predicted molar refractivity (Wildman–Crippen MR) is 88.4 cm³/mol. The lowest BCUT2D eigenvalue weighted by atomic mass is 9.92. The third kappa shape index (κ3) is 4.76. The van der Waals surface area contributed by atoms with E-state index in [2.05, 4.69) is 16.4 Å². The minimum Gasteiger partial charge on any atom is -0.444 e. The number of hydrogen-bond acceptors (Lipinski definition) is 4. The lowest BCUT2D eigenvalue weighted by Gasteiger charge is -2.25. The van der Waals surface area contributed by atoms with Gasteiger partial charge in [0.25, 0.3) is 0 Å². The molecule has 1 heterocycles. The van der Waals surface area contributed by atoms with Crippen LogP contribution in [-0.2, 0) is 4.74 Å². The third-order valence-electron chi connectivity index (χ3n) is 3.45. The molecule has 0 fully saturated rings. The number of anilines is 1. The highest BCUT2D eigenvalue weighted by Gasteiger charge is 2.21. The molecule has 1 amide bonds. The van der Waals surface area contributed by atoms with Gasteiger partial charge in [-0.1, -0.05) is 6.08 Å². The highest BCUT2D eigenvalue weighted by molar-refractivity contribution is 5.69. The molecule has 1 aliphatic carbocycles. The molecule has 120 valence electrons.